The fourth-order valence-electron chi connectivity index (χ4n) is 3.16. The highest BCUT2D eigenvalue weighted by Crippen LogP contribution is 2.41. The van der Waals surface area contributed by atoms with Gasteiger partial charge in [0.25, 0.3) is 0 Å². The van der Waals surface area contributed by atoms with E-state index in [4.69, 9.17) is 24.2 Å². The van der Waals surface area contributed by atoms with Crippen molar-refractivity contribution in [1.29, 1.82) is 0 Å². The zero-order valence-corrected chi connectivity index (χ0v) is 16.6. The number of anilines is 1. The number of nitrogens with zero attached hydrogens (tertiary/aromatic N) is 4. The zero-order chi connectivity index (χ0) is 19.6. The molecule has 2 heterocycles. The molecule has 0 spiro atoms. The zero-order valence-electron chi connectivity index (χ0n) is 16.6. The Balaban J connectivity index is 2.27. The molecule has 0 amide bonds. The molecule has 0 aliphatic carbocycles. The van der Waals surface area contributed by atoms with Crippen molar-refractivity contribution in [3.05, 3.63) is 17.8 Å². The number of rotatable bonds is 7. The number of aryl methyl sites for hydroxylation is 2. The lowest BCUT2D eigenvalue weighted by Crippen LogP contribution is -2.02. The van der Waals surface area contributed by atoms with Crippen molar-refractivity contribution in [2.75, 3.05) is 33.7 Å². The van der Waals surface area contributed by atoms with E-state index < -0.39 is 0 Å². The smallest absolute Gasteiger partial charge is 0.203 e. The number of fused-ring (bicyclic) bond motifs is 1. The molecule has 1 N–H and O–H groups in total. The van der Waals surface area contributed by atoms with Gasteiger partial charge in [0.2, 0.25) is 5.75 Å². The first-order chi connectivity index (χ1) is 13.1. The highest BCUT2D eigenvalue weighted by Gasteiger charge is 2.20. The van der Waals surface area contributed by atoms with Gasteiger partial charge in [0, 0.05) is 19.7 Å². The van der Waals surface area contributed by atoms with E-state index in [1.165, 1.54) is 0 Å². The Morgan fingerprint density at radius 3 is 2.22 bits per heavy atom. The summed E-state index contributed by atoms with van der Waals surface area (Å²) in [5, 5.41) is 7.78. The number of ether oxygens (including phenoxy) is 3. The second-order valence-electron chi connectivity index (χ2n) is 6.08. The minimum absolute atomic E-state index is 0.534. The lowest BCUT2D eigenvalue weighted by Gasteiger charge is -2.14. The third-order valence-electron chi connectivity index (χ3n) is 4.40. The average molecular weight is 371 g/mol. The monoisotopic (exact) mass is 371 g/mol. The van der Waals surface area contributed by atoms with Crippen LogP contribution in [-0.4, -0.2) is 48.1 Å². The largest absolute Gasteiger partial charge is 0.493 e. The molecule has 3 aromatic rings. The Hall–Kier alpha value is -3.03. The van der Waals surface area contributed by atoms with Crippen molar-refractivity contribution in [1.82, 2.24) is 19.7 Å². The SMILES string of the molecule is CCCc1nn(C)c2c(NC)nc(-c3cc(OC)c(OC)c(OC)c3)nc12. The quantitative estimate of drug-likeness (QED) is 0.683. The van der Waals surface area contributed by atoms with Crippen molar-refractivity contribution in [3.63, 3.8) is 0 Å². The van der Waals surface area contributed by atoms with Gasteiger partial charge in [-0.05, 0) is 18.6 Å². The second-order valence-corrected chi connectivity index (χ2v) is 6.08. The highest BCUT2D eigenvalue weighted by molar-refractivity contribution is 5.89. The average Bonchev–Trinajstić information content (AvgIpc) is 3.01. The number of nitrogens with one attached hydrogen (secondary N) is 1. The fourth-order valence-corrected chi connectivity index (χ4v) is 3.16. The van der Waals surface area contributed by atoms with E-state index in [2.05, 4.69) is 17.3 Å². The van der Waals surface area contributed by atoms with E-state index in [0.29, 0.717) is 23.1 Å². The molecule has 144 valence electrons. The van der Waals surface area contributed by atoms with E-state index in [1.54, 1.807) is 21.3 Å². The minimum Gasteiger partial charge on any atom is -0.493 e. The molecule has 2 aromatic heterocycles. The van der Waals surface area contributed by atoms with Crippen LogP contribution in [0.3, 0.4) is 0 Å². The van der Waals surface area contributed by atoms with Gasteiger partial charge in [-0.2, -0.15) is 5.10 Å². The van der Waals surface area contributed by atoms with Gasteiger partial charge in [0.15, 0.2) is 23.1 Å². The second kappa shape index (κ2) is 7.69. The summed E-state index contributed by atoms with van der Waals surface area (Å²) in [6.07, 6.45) is 1.84. The molecular weight excluding hydrogens is 346 g/mol. The molecule has 3 rings (SSSR count). The summed E-state index contributed by atoms with van der Waals surface area (Å²) < 4.78 is 18.1. The van der Waals surface area contributed by atoms with Crippen molar-refractivity contribution in [2.45, 2.75) is 19.8 Å². The number of methoxy groups -OCH3 is 3. The summed E-state index contributed by atoms with van der Waals surface area (Å²) in [6.45, 7) is 2.13. The molecule has 8 heteroatoms. The normalized spacial score (nSPS) is 10.9. The molecule has 0 radical (unpaired) electrons. The van der Waals surface area contributed by atoms with Crippen molar-refractivity contribution >= 4 is 16.9 Å². The first kappa shape index (κ1) is 18.8. The number of hydrogen-bond donors (Lipinski definition) is 1. The molecule has 0 unspecified atom stereocenters. The molecule has 0 fully saturated rings. The Kier molecular flexibility index (Phi) is 5.34. The topological polar surface area (TPSA) is 83.3 Å². The minimum atomic E-state index is 0.534. The first-order valence-electron chi connectivity index (χ1n) is 8.79. The predicted molar refractivity (Wildman–Crippen MR) is 105 cm³/mol. The number of aromatic nitrogens is 4. The van der Waals surface area contributed by atoms with Gasteiger partial charge in [0.1, 0.15) is 11.0 Å². The van der Waals surface area contributed by atoms with Gasteiger partial charge in [-0.25, -0.2) is 9.97 Å². The van der Waals surface area contributed by atoms with E-state index in [0.717, 1.165) is 41.0 Å². The molecule has 0 saturated carbocycles. The molecule has 0 aliphatic heterocycles. The fraction of sp³-hybridized carbons (Fsp3) is 0.421. The summed E-state index contributed by atoms with van der Waals surface area (Å²) in [4.78, 5) is 9.51. The van der Waals surface area contributed by atoms with Crippen molar-refractivity contribution < 1.29 is 14.2 Å². The van der Waals surface area contributed by atoms with Crippen LogP contribution in [-0.2, 0) is 13.5 Å². The van der Waals surface area contributed by atoms with Crippen LogP contribution < -0.4 is 19.5 Å². The molecule has 0 saturated heterocycles. The van der Waals surface area contributed by atoms with Crippen LogP contribution in [0.1, 0.15) is 19.0 Å². The van der Waals surface area contributed by atoms with Gasteiger partial charge in [-0.15, -0.1) is 0 Å². The van der Waals surface area contributed by atoms with Crippen LogP contribution in [0, 0.1) is 0 Å². The lowest BCUT2D eigenvalue weighted by atomic mass is 10.1. The molecule has 0 atom stereocenters. The Morgan fingerprint density at radius 1 is 1.04 bits per heavy atom. The van der Waals surface area contributed by atoms with Gasteiger partial charge in [-0.1, -0.05) is 13.3 Å². The molecule has 1 aromatic carbocycles. The number of benzene rings is 1. The predicted octanol–water partition coefficient (Wildman–Crippen LogP) is 3.05. The van der Waals surface area contributed by atoms with Gasteiger partial charge >= 0.3 is 0 Å². The summed E-state index contributed by atoms with van der Waals surface area (Å²) in [7, 11) is 8.50. The maximum Gasteiger partial charge on any atom is 0.203 e. The van der Waals surface area contributed by atoms with Crippen LogP contribution in [0.25, 0.3) is 22.4 Å². The third-order valence-corrected chi connectivity index (χ3v) is 4.40. The maximum atomic E-state index is 5.46. The van der Waals surface area contributed by atoms with Crippen molar-refractivity contribution in [2.24, 2.45) is 7.05 Å². The van der Waals surface area contributed by atoms with Crippen LogP contribution in [0.5, 0.6) is 17.2 Å². The Bertz CT molecular complexity index is 943. The Labute approximate surface area is 158 Å². The van der Waals surface area contributed by atoms with Gasteiger partial charge in [-0.3, -0.25) is 4.68 Å². The summed E-state index contributed by atoms with van der Waals surface area (Å²) >= 11 is 0. The molecule has 0 bridgehead atoms. The van der Waals surface area contributed by atoms with Crippen LogP contribution in [0.15, 0.2) is 12.1 Å². The summed E-state index contributed by atoms with van der Waals surface area (Å²) in [6, 6.07) is 3.69. The summed E-state index contributed by atoms with van der Waals surface area (Å²) in [5.74, 6) is 2.94. The van der Waals surface area contributed by atoms with E-state index in [-0.39, 0.29) is 0 Å². The number of hydrogen-bond acceptors (Lipinski definition) is 7. The highest BCUT2D eigenvalue weighted by atomic mass is 16.5. The maximum absolute atomic E-state index is 5.46. The Morgan fingerprint density at radius 2 is 1.70 bits per heavy atom. The van der Waals surface area contributed by atoms with E-state index >= 15 is 0 Å². The first-order valence-corrected chi connectivity index (χ1v) is 8.79. The molecule has 27 heavy (non-hydrogen) atoms. The van der Waals surface area contributed by atoms with E-state index in [1.807, 2.05) is 30.9 Å². The molecule has 8 nitrogen and oxygen atoms in total. The van der Waals surface area contributed by atoms with Crippen LogP contribution in [0.4, 0.5) is 5.82 Å². The van der Waals surface area contributed by atoms with Crippen molar-refractivity contribution in [3.8, 4) is 28.6 Å². The van der Waals surface area contributed by atoms with Gasteiger partial charge in [0.05, 0.1) is 27.0 Å². The lowest BCUT2D eigenvalue weighted by molar-refractivity contribution is 0.324. The molecular formula is C19H25N5O3. The molecule has 0 aliphatic rings. The van der Waals surface area contributed by atoms with Gasteiger partial charge < -0.3 is 19.5 Å². The third kappa shape index (κ3) is 3.22. The van der Waals surface area contributed by atoms with E-state index in [9.17, 15) is 0 Å². The van der Waals surface area contributed by atoms with Crippen LogP contribution in [0.2, 0.25) is 0 Å². The van der Waals surface area contributed by atoms with Crippen LogP contribution >= 0.6 is 0 Å². The summed E-state index contributed by atoms with van der Waals surface area (Å²) in [5.41, 5.74) is 3.47. The standard InChI is InChI=1S/C19H25N5O3/c1-7-8-12-15-16(24(3)23-12)19(20-2)22-18(21-15)11-9-13(25-4)17(27-6)14(10-11)26-5/h9-10H,7-8H2,1-6H3,(H,20,21,22).